The first-order valence-corrected chi connectivity index (χ1v) is 5.31. The summed E-state index contributed by atoms with van der Waals surface area (Å²) in [4.78, 5) is 13.8. The molecule has 0 spiro atoms. The fraction of sp³-hybridized carbons (Fsp3) is 0.909. The summed E-state index contributed by atoms with van der Waals surface area (Å²) in [5.41, 5.74) is 0.0373. The van der Waals surface area contributed by atoms with Crippen molar-refractivity contribution in [2.75, 3.05) is 20.3 Å². The van der Waals surface area contributed by atoms with Gasteiger partial charge in [0.1, 0.15) is 6.61 Å². The maximum atomic E-state index is 11.8. The molecule has 1 aliphatic heterocycles. The molecule has 1 rings (SSSR count). The van der Waals surface area contributed by atoms with E-state index in [0.29, 0.717) is 5.92 Å². The summed E-state index contributed by atoms with van der Waals surface area (Å²) >= 11 is 0. The van der Waals surface area contributed by atoms with Crippen LogP contribution in [0.25, 0.3) is 0 Å². The number of hydrogen-bond donors (Lipinski definition) is 0. The first kappa shape index (κ1) is 11.5. The van der Waals surface area contributed by atoms with Crippen molar-refractivity contribution in [1.82, 2.24) is 4.90 Å². The van der Waals surface area contributed by atoms with Gasteiger partial charge < -0.3 is 9.64 Å². The Hall–Kier alpha value is -0.570. The number of carbonyl (C=O) groups excluding carboxylic acids is 1. The van der Waals surface area contributed by atoms with E-state index in [-0.39, 0.29) is 18.1 Å². The molecule has 1 heterocycles. The topological polar surface area (TPSA) is 29.5 Å². The molecule has 0 bridgehead atoms. The molecule has 1 unspecified atom stereocenters. The van der Waals surface area contributed by atoms with E-state index in [1.54, 1.807) is 7.11 Å². The molecule has 1 amide bonds. The second kappa shape index (κ2) is 4.30. The molecule has 0 aliphatic carbocycles. The van der Waals surface area contributed by atoms with Gasteiger partial charge in [-0.2, -0.15) is 0 Å². The highest BCUT2D eigenvalue weighted by Gasteiger charge is 2.41. The Bertz CT molecular complexity index is 215. The molecule has 1 fully saturated rings. The lowest BCUT2D eigenvalue weighted by Crippen LogP contribution is -2.49. The molecular formula is C11H21NO2. The fourth-order valence-electron chi connectivity index (χ4n) is 2.20. The van der Waals surface area contributed by atoms with Crippen molar-refractivity contribution in [2.24, 2.45) is 5.92 Å². The highest BCUT2D eigenvalue weighted by atomic mass is 16.5. The number of rotatable bonds is 3. The second-order valence-electron chi connectivity index (χ2n) is 4.59. The Morgan fingerprint density at radius 3 is 2.71 bits per heavy atom. The third-order valence-electron chi connectivity index (χ3n) is 3.49. The van der Waals surface area contributed by atoms with Crippen molar-refractivity contribution >= 4 is 5.91 Å². The fourth-order valence-corrected chi connectivity index (χ4v) is 2.20. The van der Waals surface area contributed by atoms with Crippen LogP contribution >= 0.6 is 0 Å². The van der Waals surface area contributed by atoms with E-state index >= 15 is 0 Å². The van der Waals surface area contributed by atoms with Crippen molar-refractivity contribution in [3.05, 3.63) is 0 Å². The van der Waals surface area contributed by atoms with Gasteiger partial charge >= 0.3 is 0 Å². The lowest BCUT2D eigenvalue weighted by atomic mass is 9.86. The zero-order chi connectivity index (χ0) is 10.8. The molecule has 0 N–H and O–H groups in total. The van der Waals surface area contributed by atoms with Crippen LogP contribution in [0.3, 0.4) is 0 Å². The highest BCUT2D eigenvalue weighted by molar-refractivity contribution is 5.78. The lowest BCUT2D eigenvalue weighted by molar-refractivity contribution is -0.140. The van der Waals surface area contributed by atoms with E-state index in [1.807, 2.05) is 4.90 Å². The van der Waals surface area contributed by atoms with E-state index in [9.17, 15) is 4.79 Å². The number of methoxy groups -OCH3 is 1. The first-order valence-electron chi connectivity index (χ1n) is 5.31. The predicted molar refractivity (Wildman–Crippen MR) is 56.1 cm³/mol. The maximum Gasteiger partial charge on any atom is 0.249 e. The Kier molecular flexibility index (Phi) is 3.53. The lowest BCUT2D eigenvalue weighted by Gasteiger charge is -2.38. The summed E-state index contributed by atoms with van der Waals surface area (Å²) in [6, 6.07) is 0. The summed E-state index contributed by atoms with van der Waals surface area (Å²) in [5.74, 6) is 0.631. The van der Waals surface area contributed by atoms with Gasteiger partial charge in [-0.05, 0) is 25.7 Å². The quantitative estimate of drug-likeness (QED) is 0.692. The van der Waals surface area contributed by atoms with Crippen molar-refractivity contribution in [3.8, 4) is 0 Å². The van der Waals surface area contributed by atoms with Crippen LogP contribution in [-0.4, -0.2) is 36.6 Å². The number of likely N-dealkylation sites (tertiary alicyclic amines) is 1. The van der Waals surface area contributed by atoms with Gasteiger partial charge in [0, 0.05) is 19.2 Å². The average Bonchev–Trinajstić information content (AvgIpc) is 2.49. The first-order chi connectivity index (χ1) is 6.52. The molecule has 0 aromatic rings. The molecule has 0 saturated carbocycles. The molecule has 82 valence electrons. The Morgan fingerprint density at radius 1 is 1.57 bits per heavy atom. The van der Waals surface area contributed by atoms with Crippen LogP contribution in [0.2, 0.25) is 0 Å². The standard InChI is InChI=1S/C11H21NO2/c1-9(2)11(3)6-5-7-12(11)10(13)8-14-4/h9H,5-8H2,1-4H3. The van der Waals surface area contributed by atoms with Gasteiger partial charge in [0.05, 0.1) is 0 Å². The minimum absolute atomic E-state index is 0.0373. The van der Waals surface area contributed by atoms with E-state index in [1.165, 1.54) is 0 Å². The molecule has 0 radical (unpaired) electrons. The van der Waals surface area contributed by atoms with Gasteiger partial charge in [-0.25, -0.2) is 0 Å². The molecule has 3 heteroatoms. The summed E-state index contributed by atoms with van der Waals surface area (Å²) in [6.07, 6.45) is 2.23. The third kappa shape index (κ3) is 1.92. The van der Waals surface area contributed by atoms with Crippen LogP contribution in [0.15, 0.2) is 0 Å². The Labute approximate surface area is 86.4 Å². The van der Waals surface area contributed by atoms with Crippen LogP contribution < -0.4 is 0 Å². The molecule has 1 saturated heterocycles. The minimum atomic E-state index is 0.0373. The number of ether oxygens (including phenoxy) is 1. The van der Waals surface area contributed by atoms with Gasteiger partial charge in [-0.15, -0.1) is 0 Å². The monoisotopic (exact) mass is 199 g/mol. The molecule has 3 nitrogen and oxygen atoms in total. The summed E-state index contributed by atoms with van der Waals surface area (Å²) in [5, 5.41) is 0. The third-order valence-corrected chi connectivity index (χ3v) is 3.49. The van der Waals surface area contributed by atoms with Crippen molar-refractivity contribution in [3.63, 3.8) is 0 Å². The molecule has 14 heavy (non-hydrogen) atoms. The highest BCUT2D eigenvalue weighted by Crippen LogP contribution is 2.35. The molecule has 1 aliphatic rings. The van der Waals surface area contributed by atoms with Gasteiger partial charge in [-0.1, -0.05) is 13.8 Å². The van der Waals surface area contributed by atoms with Gasteiger partial charge in [0.15, 0.2) is 0 Å². The summed E-state index contributed by atoms with van der Waals surface area (Å²) in [7, 11) is 1.57. The van der Waals surface area contributed by atoms with Gasteiger partial charge in [0.25, 0.3) is 0 Å². The number of amides is 1. The molecule has 1 atom stereocenters. The normalized spacial score (nSPS) is 27.4. The average molecular weight is 199 g/mol. The molecule has 0 aromatic carbocycles. The van der Waals surface area contributed by atoms with E-state index in [2.05, 4.69) is 20.8 Å². The van der Waals surface area contributed by atoms with Crippen molar-refractivity contribution in [1.29, 1.82) is 0 Å². The maximum absolute atomic E-state index is 11.8. The van der Waals surface area contributed by atoms with Crippen LogP contribution in [0.4, 0.5) is 0 Å². The number of hydrogen-bond acceptors (Lipinski definition) is 2. The SMILES string of the molecule is COCC(=O)N1CCCC1(C)C(C)C. The minimum Gasteiger partial charge on any atom is -0.375 e. The van der Waals surface area contributed by atoms with Gasteiger partial charge in [-0.3, -0.25) is 4.79 Å². The number of carbonyl (C=O) groups is 1. The van der Waals surface area contributed by atoms with Gasteiger partial charge in [0.2, 0.25) is 5.91 Å². The van der Waals surface area contributed by atoms with E-state index in [0.717, 1.165) is 19.4 Å². The van der Waals surface area contributed by atoms with E-state index < -0.39 is 0 Å². The predicted octanol–water partition coefficient (Wildman–Crippen LogP) is 1.67. The molecule has 0 aromatic heterocycles. The largest absolute Gasteiger partial charge is 0.375 e. The molecular weight excluding hydrogens is 178 g/mol. The second-order valence-corrected chi connectivity index (χ2v) is 4.59. The zero-order valence-electron chi connectivity index (χ0n) is 9.67. The Morgan fingerprint density at radius 2 is 2.21 bits per heavy atom. The van der Waals surface area contributed by atoms with Crippen LogP contribution in [0.5, 0.6) is 0 Å². The zero-order valence-corrected chi connectivity index (χ0v) is 9.67. The smallest absolute Gasteiger partial charge is 0.249 e. The Balaban J connectivity index is 2.72. The number of nitrogens with zero attached hydrogens (tertiary/aromatic N) is 1. The van der Waals surface area contributed by atoms with Crippen LogP contribution in [-0.2, 0) is 9.53 Å². The van der Waals surface area contributed by atoms with E-state index in [4.69, 9.17) is 4.74 Å². The summed E-state index contributed by atoms with van der Waals surface area (Å²) in [6.45, 7) is 7.63. The van der Waals surface area contributed by atoms with Crippen molar-refractivity contribution < 1.29 is 9.53 Å². The van der Waals surface area contributed by atoms with Crippen LogP contribution in [0, 0.1) is 5.92 Å². The van der Waals surface area contributed by atoms with Crippen molar-refractivity contribution in [2.45, 2.75) is 39.2 Å². The van der Waals surface area contributed by atoms with Crippen LogP contribution in [0.1, 0.15) is 33.6 Å². The summed E-state index contributed by atoms with van der Waals surface area (Å²) < 4.78 is 4.90.